The van der Waals surface area contributed by atoms with E-state index in [4.69, 9.17) is 9.72 Å². The highest BCUT2D eigenvalue weighted by Gasteiger charge is 2.36. The number of aromatic nitrogens is 7. The van der Waals surface area contributed by atoms with Crippen LogP contribution in [0.25, 0.3) is 33.5 Å². The molecular formula is C27H27F3N8O. The molecule has 1 aromatic carbocycles. The van der Waals surface area contributed by atoms with E-state index in [-0.39, 0.29) is 11.2 Å². The Labute approximate surface area is 222 Å². The van der Waals surface area contributed by atoms with Crippen LogP contribution in [0, 0.1) is 12.7 Å². The number of benzene rings is 1. The third-order valence-electron chi connectivity index (χ3n) is 7.57. The maximum absolute atomic E-state index is 14.3. The Morgan fingerprint density at radius 3 is 2.56 bits per heavy atom. The highest BCUT2D eigenvalue weighted by atomic mass is 19.3. The van der Waals surface area contributed by atoms with E-state index in [1.807, 2.05) is 19.1 Å². The summed E-state index contributed by atoms with van der Waals surface area (Å²) >= 11 is 0. The molecule has 39 heavy (non-hydrogen) atoms. The number of fused-ring (bicyclic) bond motifs is 1. The highest BCUT2D eigenvalue weighted by Crippen LogP contribution is 2.38. The number of piperidine rings is 1. The van der Waals surface area contributed by atoms with Crippen LogP contribution in [0.1, 0.15) is 37.8 Å². The van der Waals surface area contributed by atoms with Crippen molar-refractivity contribution in [2.24, 2.45) is 0 Å². The average molecular weight is 537 g/mol. The average Bonchev–Trinajstić information content (AvgIpc) is 3.67. The van der Waals surface area contributed by atoms with Crippen LogP contribution in [-0.4, -0.2) is 54.9 Å². The number of H-pyrrole nitrogens is 2. The minimum atomic E-state index is -2.70. The molecule has 1 saturated heterocycles. The van der Waals surface area contributed by atoms with Crippen LogP contribution in [0.4, 0.5) is 19.0 Å². The lowest BCUT2D eigenvalue weighted by atomic mass is 9.79. The van der Waals surface area contributed by atoms with Crippen LogP contribution in [0.15, 0.2) is 43.0 Å². The molecular weight excluding hydrogens is 509 g/mol. The number of hydrogen-bond donors (Lipinski definition) is 2. The van der Waals surface area contributed by atoms with Gasteiger partial charge in [0.05, 0.1) is 30.1 Å². The Morgan fingerprint density at radius 2 is 1.87 bits per heavy atom. The molecule has 0 atom stereocenters. The lowest BCUT2D eigenvalue weighted by Crippen LogP contribution is -2.42. The standard InChI is InChI=1S/C27H27F3N8O/c1-15-22(16-4-5-21(39-3)19(28)10-16)36-25(34-15)27(2)6-8-37(9-7-27)24-18-11-20(35-23(18)31-14-32-24)17-12-33-38(13-17)26(29)30/h4-5,10-14,26H,6-9H2,1-3H3,(H,34,36)(H,31,32,35). The first kappa shape index (κ1) is 25.0. The van der Waals surface area contributed by atoms with Gasteiger partial charge in [0.25, 0.3) is 0 Å². The summed E-state index contributed by atoms with van der Waals surface area (Å²) in [5.74, 6) is 1.43. The lowest BCUT2D eigenvalue weighted by molar-refractivity contribution is 0.0566. The van der Waals surface area contributed by atoms with Crippen molar-refractivity contribution in [1.29, 1.82) is 0 Å². The zero-order valence-electron chi connectivity index (χ0n) is 21.7. The molecule has 12 heteroatoms. The van der Waals surface area contributed by atoms with Crippen molar-refractivity contribution in [3.8, 4) is 28.3 Å². The number of halogens is 3. The van der Waals surface area contributed by atoms with Crippen molar-refractivity contribution < 1.29 is 17.9 Å². The van der Waals surface area contributed by atoms with Crippen molar-refractivity contribution in [3.63, 3.8) is 0 Å². The number of methoxy groups -OCH3 is 1. The largest absolute Gasteiger partial charge is 0.494 e. The number of aromatic amines is 2. The summed E-state index contributed by atoms with van der Waals surface area (Å²) in [6, 6.07) is 6.74. The molecule has 0 unspecified atom stereocenters. The number of nitrogens with zero attached hydrogens (tertiary/aromatic N) is 6. The van der Waals surface area contributed by atoms with E-state index in [0.29, 0.717) is 27.1 Å². The second-order valence-corrected chi connectivity index (χ2v) is 10.1. The van der Waals surface area contributed by atoms with Crippen molar-refractivity contribution >= 4 is 16.9 Å². The number of nitrogens with one attached hydrogen (secondary N) is 2. The van der Waals surface area contributed by atoms with Crippen molar-refractivity contribution in [3.05, 3.63) is 60.3 Å². The number of hydrogen-bond acceptors (Lipinski definition) is 6. The van der Waals surface area contributed by atoms with E-state index in [1.165, 1.54) is 31.9 Å². The maximum atomic E-state index is 14.3. The molecule has 0 spiro atoms. The molecule has 0 amide bonds. The summed E-state index contributed by atoms with van der Waals surface area (Å²) in [7, 11) is 1.44. The third-order valence-corrected chi connectivity index (χ3v) is 7.57. The minimum absolute atomic E-state index is 0.197. The molecule has 1 aliphatic rings. The minimum Gasteiger partial charge on any atom is -0.494 e. The molecule has 5 aromatic rings. The van der Waals surface area contributed by atoms with Crippen molar-refractivity contribution in [1.82, 2.24) is 34.7 Å². The summed E-state index contributed by atoms with van der Waals surface area (Å²) in [4.78, 5) is 22.6. The molecule has 6 rings (SSSR count). The van der Waals surface area contributed by atoms with Gasteiger partial charge in [0.15, 0.2) is 11.6 Å². The predicted molar refractivity (Wildman–Crippen MR) is 140 cm³/mol. The number of ether oxygens (including phenoxy) is 1. The van der Waals surface area contributed by atoms with Crippen LogP contribution in [0.5, 0.6) is 5.75 Å². The molecule has 0 saturated carbocycles. The third kappa shape index (κ3) is 4.39. The zero-order valence-corrected chi connectivity index (χ0v) is 21.7. The Kier molecular flexibility index (Phi) is 6.04. The quantitative estimate of drug-likeness (QED) is 0.292. The van der Waals surface area contributed by atoms with Gasteiger partial charge in [-0.3, -0.25) is 0 Å². The molecule has 1 fully saturated rings. The number of alkyl halides is 2. The summed E-state index contributed by atoms with van der Waals surface area (Å²) < 4.78 is 46.0. The van der Waals surface area contributed by atoms with E-state index in [0.717, 1.165) is 54.3 Å². The summed E-state index contributed by atoms with van der Waals surface area (Å²) in [6.07, 6.45) is 5.84. The second-order valence-electron chi connectivity index (χ2n) is 10.1. The smallest absolute Gasteiger partial charge is 0.333 e. The summed E-state index contributed by atoms with van der Waals surface area (Å²) in [6.45, 7) is 2.90. The van der Waals surface area contributed by atoms with Crippen molar-refractivity contribution in [2.75, 3.05) is 25.1 Å². The monoisotopic (exact) mass is 536 g/mol. The fourth-order valence-corrected chi connectivity index (χ4v) is 5.21. The van der Waals surface area contributed by atoms with Gasteiger partial charge in [-0.2, -0.15) is 13.9 Å². The molecule has 4 aromatic heterocycles. The van der Waals surface area contributed by atoms with E-state index < -0.39 is 12.4 Å². The molecule has 1 aliphatic heterocycles. The second kappa shape index (κ2) is 9.44. The topological polar surface area (TPSA) is 101 Å². The summed E-state index contributed by atoms with van der Waals surface area (Å²) in [5.41, 5.74) is 3.92. The van der Waals surface area contributed by atoms with Gasteiger partial charge in [0.2, 0.25) is 0 Å². The fourth-order valence-electron chi connectivity index (χ4n) is 5.21. The number of imidazole rings is 1. The fraction of sp³-hybridized carbons (Fsp3) is 0.333. The van der Waals surface area contributed by atoms with E-state index in [9.17, 15) is 13.2 Å². The van der Waals surface area contributed by atoms with Crippen LogP contribution in [-0.2, 0) is 5.41 Å². The van der Waals surface area contributed by atoms with E-state index >= 15 is 0 Å². The summed E-state index contributed by atoms with van der Waals surface area (Å²) in [5, 5.41) is 4.54. The van der Waals surface area contributed by atoms with Gasteiger partial charge >= 0.3 is 6.55 Å². The number of aryl methyl sites for hydroxylation is 1. The van der Waals surface area contributed by atoms with Crippen LogP contribution >= 0.6 is 0 Å². The molecule has 202 valence electrons. The Balaban J connectivity index is 1.23. The molecule has 2 N–H and O–H groups in total. The SMILES string of the molecule is COc1ccc(-c2nc(C3(C)CCN(c4ncnc5[nH]c(-c6cnn(C(F)F)c6)cc45)CC3)[nH]c2C)cc1F. The number of rotatable bonds is 6. The van der Waals surface area contributed by atoms with Crippen LogP contribution in [0.3, 0.4) is 0 Å². The first-order valence-corrected chi connectivity index (χ1v) is 12.6. The molecule has 5 heterocycles. The Hall–Kier alpha value is -4.35. The molecule has 9 nitrogen and oxygen atoms in total. The Morgan fingerprint density at radius 1 is 1.08 bits per heavy atom. The lowest BCUT2D eigenvalue weighted by Gasteiger charge is -2.38. The number of anilines is 1. The predicted octanol–water partition coefficient (Wildman–Crippen LogP) is 5.62. The maximum Gasteiger partial charge on any atom is 0.333 e. The van der Waals surface area contributed by atoms with Gasteiger partial charge < -0.3 is 19.6 Å². The van der Waals surface area contributed by atoms with E-state index in [2.05, 4.69) is 36.9 Å². The van der Waals surface area contributed by atoms with Crippen LogP contribution in [0.2, 0.25) is 0 Å². The van der Waals surface area contributed by atoms with Gasteiger partial charge in [-0.25, -0.2) is 24.0 Å². The van der Waals surface area contributed by atoms with Crippen LogP contribution < -0.4 is 9.64 Å². The van der Waals surface area contributed by atoms with Gasteiger partial charge in [0.1, 0.15) is 23.6 Å². The van der Waals surface area contributed by atoms with E-state index in [1.54, 1.807) is 6.07 Å². The first-order valence-electron chi connectivity index (χ1n) is 12.6. The highest BCUT2D eigenvalue weighted by molar-refractivity contribution is 5.91. The zero-order chi connectivity index (χ0) is 27.3. The molecule has 0 aliphatic carbocycles. The van der Waals surface area contributed by atoms with Gasteiger partial charge in [-0.1, -0.05) is 6.92 Å². The van der Waals surface area contributed by atoms with Gasteiger partial charge in [-0.05, 0) is 44.0 Å². The van der Waals surface area contributed by atoms with Gasteiger partial charge in [-0.15, -0.1) is 0 Å². The van der Waals surface area contributed by atoms with Gasteiger partial charge in [0, 0.05) is 41.5 Å². The van der Waals surface area contributed by atoms with Crippen molar-refractivity contribution in [2.45, 2.75) is 38.7 Å². The molecule has 0 radical (unpaired) electrons. The normalized spacial score (nSPS) is 15.4. The molecule has 0 bridgehead atoms. The first-order chi connectivity index (χ1) is 18.8. The Bertz CT molecular complexity index is 1650.